The Balaban J connectivity index is 2.77. The molecule has 1 heterocycles. The number of hydrogen-bond donors (Lipinski definition) is 2. The molecule has 1 rings (SSSR count). The van der Waals surface area contributed by atoms with Gasteiger partial charge in [0.15, 0.2) is 0 Å². The van der Waals surface area contributed by atoms with Gasteiger partial charge in [-0.25, -0.2) is 4.79 Å². The van der Waals surface area contributed by atoms with Crippen molar-refractivity contribution in [3.8, 4) is 5.19 Å². The lowest BCUT2D eigenvalue weighted by atomic mass is 10.2. The molecule has 8 heteroatoms. The Kier molecular flexibility index (Phi) is 5.39. The maximum atomic E-state index is 11.7. The van der Waals surface area contributed by atoms with E-state index in [1.165, 1.54) is 18.4 Å². The van der Waals surface area contributed by atoms with Gasteiger partial charge in [-0.1, -0.05) is 22.9 Å². The van der Waals surface area contributed by atoms with Crippen molar-refractivity contribution in [1.82, 2.24) is 10.3 Å². The number of nitrogens with two attached hydrogens (primary N) is 1. The molecule has 0 saturated carbocycles. The van der Waals surface area contributed by atoms with Crippen molar-refractivity contribution in [2.24, 2.45) is 5.73 Å². The van der Waals surface area contributed by atoms with Gasteiger partial charge in [0.1, 0.15) is 10.8 Å². The van der Waals surface area contributed by atoms with E-state index in [9.17, 15) is 4.79 Å². The number of nitrogens with one attached hydrogen (secondary N) is 1. The number of amides is 1. The summed E-state index contributed by atoms with van der Waals surface area (Å²) in [5.41, 5.74) is 5.07. The van der Waals surface area contributed by atoms with E-state index in [1.807, 2.05) is 0 Å². The van der Waals surface area contributed by atoms with E-state index in [0.717, 1.165) is 0 Å². The highest BCUT2D eigenvalue weighted by Gasteiger charge is 2.23. The van der Waals surface area contributed by atoms with Crippen LogP contribution in [0.5, 0.6) is 5.19 Å². The molecule has 0 aromatic carbocycles. The van der Waals surface area contributed by atoms with Crippen molar-refractivity contribution in [3.63, 3.8) is 0 Å². The average Bonchev–Trinajstić information content (AvgIpc) is 2.65. The summed E-state index contributed by atoms with van der Waals surface area (Å²) in [4.78, 5) is 16.3. The standard InChI is InChI=1S/C11H18ClN3O3S/c1-11(2,3)18-9(16)14-6(5-13)7-8(12)15-10(17-4)19-7/h6H,5,13H2,1-4H3,(H,14,16). The molecule has 0 aliphatic carbocycles. The Morgan fingerprint density at radius 2 is 2.21 bits per heavy atom. The lowest BCUT2D eigenvalue weighted by molar-refractivity contribution is 0.0506. The third-order valence-corrected chi connectivity index (χ3v) is 3.54. The van der Waals surface area contributed by atoms with Gasteiger partial charge < -0.3 is 20.5 Å². The zero-order valence-electron chi connectivity index (χ0n) is 11.3. The molecule has 1 unspecified atom stereocenters. The van der Waals surface area contributed by atoms with Crippen LogP contribution in [0.2, 0.25) is 5.15 Å². The molecule has 3 N–H and O–H groups in total. The van der Waals surface area contributed by atoms with Crippen LogP contribution in [-0.4, -0.2) is 30.3 Å². The Hall–Kier alpha value is -1.05. The van der Waals surface area contributed by atoms with Crippen LogP contribution in [0.15, 0.2) is 0 Å². The Morgan fingerprint density at radius 3 is 2.63 bits per heavy atom. The number of carbonyl (C=O) groups is 1. The fourth-order valence-corrected chi connectivity index (χ4v) is 2.49. The first kappa shape index (κ1) is 16.0. The van der Waals surface area contributed by atoms with Crippen LogP contribution in [0.25, 0.3) is 0 Å². The molecular weight excluding hydrogens is 290 g/mol. The van der Waals surface area contributed by atoms with E-state index in [0.29, 0.717) is 10.1 Å². The van der Waals surface area contributed by atoms with E-state index >= 15 is 0 Å². The first-order valence-electron chi connectivity index (χ1n) is 5.66. The molecule has 1 aromatic heterocycles. The summed E-state index contributed by atoms with van der Waals surface area (Å²) in [5, 5.41) is 3.35. The van der Waals surface area contributed by atoms with Crippen LogP contribution in [0, 0.1) is 0 Å². The van der Waals surface area contributed by atoms with Gasteiger partial charge in [-0.3, -0.25) is 0 Å². The van der Waals surface area contributed by atoms with Crippen molar-refractivity contribution in [2.75, 3.05) is 13.7 Å². The highest BCUT2D eigenvalue weighted by Crippen LogP contribution is 2.33. The third kappa shape index (κ3) is 4.85. The number of alkyl carbamates (subject to hydrolysis) is 1. The van der Waals surface area contributed by atoms with Gasteiger partial charge in [-0.2, -0.15) is 4.98 Å². The second kappa shape index (κ2) is 6.40. The number of hydrogen-bond acceptors (Lipinski definition) is 6. The fraction of sp³-hybridized carbons (Fsp3) is 0.636. The smallest absolute Gasteiger partial charge is 0.408 e. The van der Waals surface area contributed by atoms with Gasteiger partial charge in [0.25, 0.3) is 5.19 Å². The Bertz CT molecular complexity index is 445. The number of aromatic nitrogens is 1. The van der Waals surface area contributed by atoms with E-state index in [-0.39, 0.29) is 11.7 Å². The average molecular weight is 308 g/mol. The monoisotopic (exact) mass is 307 g/mol. The normalized spacial score (nSPS) is 12.9. The summed E-state index contributed by atoms with van der Waals surface area (Å²) in [6.07, 6.45) is -0.550. The van der Waals surface area contributed by atoms with Gasteiger partial charge in [-0.15, -0.1) is 0 Å². The summed E-state index contributed by atoms with van der Waals surface area (Å²) in [6, 6.07) is -0.455. The van der Waals surface area contributed by atoms with Crippen molar-refractivity contribution < 1.29 is 14.3 Å². The summed E-state index contributed by atoms with van der Waals surface area (Å²) < 4.78 is 10.2. The molecule has 1 amide bonds. The van der Waals surface area contributed by atoms with Crippen molar-refractivity contribution in [3.05, 3.63) is 10.0 Å². The predicted molar refractivity (Wildman–Crippen MR) is 74.8 cm³/mol. The lowest BCUT2D eigenvalue weighted by Crippen LogP contribution is -2.37. The maximum Gasteiger partial charge on any atom is 0.408 e. The number of methoxy groups -OCH3 is 1. The fourth-order valence-electron chi connectivity index (χ4n) is 1.28. The summed E-state index contributed by atoms with van der Waals surface area (Å²) in [6.45, 7) is 5.54. The number of rotatable bonds is 4. The zero-order chi connectivity index (χ0) is 14.6. The topological polar surface area (TPSA) is 86.5 Å². The molecule has 0 spiro atoms. The SMILES string of the molecule is COc1nc(Cl)c(C(CN)NC(=O)OC(C)(C)C)s1. The largest absolute Gasteiger partial charge is 0.473 e. The zero-order valence-corrected chi connectivity index (χ0v) is 12.9. The number of carbonyl (C=O) groups excluding carboxylic acids is 1. The Labute approximate surface area is 121 Å². The first-order valence-corrected chi connectivity index (χ1v) is 6.86. The molecular formula is C11H18ClN3O3S. The maximum absolute atomic E-state index is 11.7. The van der Waals surface area contributed by atoms with Crippen LogP contribution in [-0.2, 0) is 4.74 Å². The van der Waals surface area contributed by atoms with E-state index in [2.05, 4.69) is 10.3 Å². The van der Waals surface area contributed by atoms with E-state index in [1.54, 1.807) is 20.8 Å². The molecule has 6 nitrogen and oxygen atoms in total. The van der Waals surface area contributed by atoms with Crippen LogP contribution >= 0.6 is 22.9 Å². The number of nitrogens with zero attached hydrogens (tertiary/aromatic N) is 1. The minimum absolute atomic E-state index is 0.185. The molecule has 1 atom stereocenters. The van der Waals surface area contributed by atoms with Gasteiger partial charge in [0.05, 0.1) is 18.0 Å². The van der Waals surface area contributed by atoms with Gasteiger partial charge in [0.2, 0.25) is 0 Å². The van der Waals surface area contributed by atoms with Crippen molar-refractivity contribution in [1.29, 1.82) is 0 Å². The first-order chi connectivity index (χ1) is 8.76. The number of ether oxygens (including phenoxy) is 2. The minimum Gasteiger partial charge on any atom is -0.473 e. The number of thiazole rings is 1. The second-order valence-corrected chi connectivity index (χ2v) is 6.12. The molecule has 19 heavy (non-hydrogen) atoms. The molecule has 0 radical (unpaired) electrons. The van der Waals surface area contributed by atoms with Crippen molar-refractivity contribution >= 4 is 29.0 Å². The predicted octanol–water partition coefficient (Wildman–Crippen LogP) is 2.33. The Morgan fingerprint density at radius 1 is 1.58 bits per heavy atom. The molecule has 0 saturated heterocycles. The van der Waals surface area contributed by atoms with Crippen LogP contribution in [0.1, 0.15) is 31.7 Å². The molecule has 0 fully saturated rings. The highest BCUT2D eigenvalue weighted by atomic mass is 35.5. The summed E-state index contributed by atoms with van der Waals surface area (Å²) in [5.74, 6) is 0. The van der Waals surface area contributed by atoms with Gasteiger partial charge in [-0.05, 0) is 20.8 Å². The molecule has 0 bridgehead atoms. The summed E-state index contributed by atoms with van der Waals surface area (Å²) in [7, 11) is 1.50. The minimum atomic E-state index is -0.571. The molecule has 1 aromatic rings. The lowest BCUT2D eigenvalue weighted by Gasteiger charge is -2.22. The molecule has 0 aliphatic heterocycles. The van der Waals surface area contributed by atoms with Crippen LogP contribution < -0.4 is 15.8 Å². The summed E-state index contributed by atoms with van der Waals surface area (Å²) >= 11 is 7.22. The van der Waals surface area contributed by atoms with E-state index in [4.69, 9.17) is 26.8 Å². The highest BCUT2D eigenvalue weighted by molar-refractivity contribution is 7.14. The van der Waals surface area contributed by atoms with Crippen LogP contribution in [0.3, 0.4) is 0 Å². The number of halogens is 1. The third-order valence-electron chi connectivity index (χ3n) is 2.01. The van der Waals surface area contributed by atoms with Crippen LogP contribution in [0.4, 0.5) is 4.79 Å². The van der Waals surface area contributed by atoms with E-state index < -0.39 is 17.7 Å². The second-order valence-electron chi connectivity index (χ2n) is 4.77. The van der Waals surface area contributed by atoms with Gasteiger partial charge in [0, 0.05) is 6.54 Å². The molecule has 0 aliphatic rings. The quantitative estimate of drug-likeness (QED) is 0.891. The molecule has 108 valence electrons. The van der Waals surface area contributed by atoms with Crippen molar-refractivity contribution in [2.45, 2.75) is 32.4 Å². The van der Waals surface area contributed by atoms with Gasteiger partial charge >= 0.3 is 6.09 Å².